The lowest BCUT2D eigenvalue weighted by Crippen LogP contribution is -2.33. The Bertz CT molecular complexity index is 363. The summed E-state index contributed by atoms with van der Waals surface area (Å²) in [5.74, 6) is -0.204. The molecule has 0 radical (unpaired) electrons. The lowest BCUT2D eigenvalue weighted by molar-refractivity contribution is 0.218. The molecule has 1 aromatic rings. The number of nitrogens with zero attached hydrogens (tertiary/aromatic N) is 1. The fourth-order valence-electron chi connectivity index (χ4n) is 2.42. The van der Waals surface area contributed by atoms with Crippen molar-refractivity contribution in [3.63, 3.8) is 0 Å². The van der Waals surface area contributed by atoms with Gasteiger partial charge in [-0.15, -0.1) is 0 Å². The van der Waals surface area contributed by atoms with E-state index in [1.165, 1.54) is 6.07 Å². The Balaban J connectivity index is 2.34. The average Bonchev–Trinajstić information content (AvgIpc) is 2.54. The van der Waals surface area contributed by atoms with Crippen molar-refractivity contribution in [2.45, 2.75) is 19.4 Å². The van der Waals surface area contributed by atoms with Crippen LogP contribution >= 0.6 is 11.6 Å². The summed E-state index contributed by atoms with van der Waals surface area (Å²) < 4.78 is 13.9. The van der Waals surface area contributed by atoms with Crippen LogP contribution in [0.3, 0.4) is 0 Å². The summed E-state index contributed by atoms with van der Waals surface area (Å²) in [7, 11) is 0. The van der Waals surface area contributed by atoms with E-state index in [2.05, 4.69) is 17.1 Å². The second-order valence-corrected chi connectivity index (χ2v) is 4.74. The molecule has 2 rings (SSSR count). The molecule has 1 unspecified atom stereocenters. The number of hydrogen-bond donors (Lipinski definition) is 1. The van der Waals surface area contributed by atoms with Crippen LogP contribution < -0.4 is 5.32 Å². The molecule has 1 aliphatic rings. The SMILES string of the molecule is CCN1CCCNCC1c1c(F)cccc1Cl. The van der Waals surface area contributed by atoms with Crippen LogP contribution in [0.1, 0.15) is 24.9 Å². The van der Waals surface area contributed by atoms with Crippen LogP contribution in [0.2, 0.25) is 5.02 Å². The van der Waals surface area contributed by atoms with E-state index >= 15 is 0 Å². The zero-order valence-corrected chi connectivity index (χ0v) is 10.8. The Morgan fingerprint density at radius 2 is 2.35 bits per heavy atom. The second-order valence-electron chi connectivity index (χ2n) is 4.34. The van der Waals surface area contributed by atoms with Crippen LogP contribution in [-0.2, 0) is 0 Å². The predicted molar refractivity (Wildman–Crippen MR) is 68.9 cm³/mol. The Morgan fingerprint density at radius 1 is 1.53 bits per heavy atom. The van der Waals surface area contributed by atoms with Crippen LogP contribution in [0.4, 0.5) is 4.39 Å². The van der Waals surface area contributed by atoms with Gasteiger partial charge in [0.15, 0.2) is 0 Å². The van der Waals surface area contributed by atoms with E-state index in [-0.39, 0.29) is 11.9 Å². The van der Waals surface area contributed by atoms with Gasteiger partial charge in [-0.05, 0) is 38.2 Å². The standard InChI is InChI=1S/C13H18ClFN2/c1-2-17-8-4-7-16-9-12(17)13-10(14)5-3-6-11(13)15/h3,5-6,12,16H,2,4,7-9H2,1H3. The van der Waals surface area contributed by atoms with Crippen LogP contribution in [0.5, 0.6) is 0 Å². The normalized spacial score (nSPS) is 22.4. The van der Waals surface area contributed by atoms with Gasteiger partial charge in [0.1, 0.15) is 5.82 Å². The van der Waals surface area contributed by atoms with Gasteiger partial charge >= 0.3 is 0 Å². The van der Waals surface area contributed by atoms with E-state index in [9.17, 15) is 4.39 Å². The highest BCUT2D eigenvalue weighted by molar-refractivity contribution is 6.31. The van der Waals surface area contributed by atoms with E-state index in [1.54, 1.807) is 12.1 Å². The largest absolute Gasteiger partial charge is 0.315 e. The molecule has 1 atom stereocenters. The number of benzene rings is 1. The van der Waals surface area contributed by atoms with Crippen molar-refractivity contribution in [1.82, 2.24) is 10.2 Å². The second kappa shape index (κ2) is 5.80. The molecular formula is C13H18ClFN2. The molecule has 1 heterocycles. The Labute approximate surface area is 107 Å². The van der Waals surface area contributed by atoms with Crippen LogP contribution in [0.25, 0.3) is 0 Å². The number of likely N-dealkylation sites (N-methyl/N-ethyl adjacent to an activating group) is 1. The van der Waals surface area contributed by atoms with E-state index in [4.69, 9.17) is 11.6 Å². The minimum atomic E-state index is -0.204. The molecule has 0 spiro atoms. The van der Waals surface area contributed by atoms with E-state index in [1.807, 2.05) is 0 Å². The highest BCUT2D eigenvalue weighted by Gasteiger charge is 2.25. The van der Waals surface area contributed by atoms with Crippen molar-refractivity contribution in [2.75, 3.05) is 26.2 Å². The van der Waals surface area contributed by atoms with Crippen molar-refractivity contribution >= 4 is 11.6 Å². The van der Waals surface area contributed by atoms with Gasteiger partial charge in [-0.3, -0.25) is 4.90 Å². The van der Waals surface area contributed by atoms with Gasteiger partial charge in [-0.25, -0.2) is 4.39 Å². The fourth-order valence-corrected chi connectivity index (χ4v) is 2.71. The molecule has 1 aromatic carbocycles. The molecule has 94 valence electrons. The third-order valence-corrected chi connectivity index (χ3v) is 3.65. The maximum atomic E-state index is 13.9. The lowest BCUT2D eigenvalue weighted by atomic mass is 10.0. The number of halogens is 2. The number of hydrogen-bond acceptors (Lipinski definition) is 2. The van der Waals surface area contributed by atoms with Gasteiger partial charge < -0.3 is 5.32 Å². The van der Waals surface area contributed by atoms with Gasteiger partial charge in [0.2, 0.25) is 0 Å². The topological polar surface area (TPSA) is 15.3 Å². The van der Waals surface area contributed by atoms with Crippen molar-refractivity contribution in [1.29, 1.82) is 0 Å². The van der Waals surface area contributed by atoms with Crippen molar-refractivity contribution in [2.24, 2.45) is 0 Å². The molecule has 1 saturated heterocycles. The summed E-state index contributed by atoms with van der Waals surface area (Å²) in [5.41, 5.74) is 0.630. The van der Waals surface area contributed by atoms with Crippen molar-refractivity contribution in [3.8, 4) is 0 Å². The molecule has 2 nitrogen and oxygen atoms in total. The number of rotatable bonds is 2. The number of nitrogens with one attached hydrogen (secondary N) is 1. The van der Waals surface area contributed by atoms with Gasteiger partial charge in [0.05, 0.1) is 6.04 Å². The van der Waals surface area contributed by atoms with E-state index < -0.39 is 0 Å². The molecule has 1 aliphatic heterocycles. The van der Waals surface area contributed by atoms with Gasteiger partial charge in [-0.1, -0.05) is 24.6 Å². The molecule has 1 fully saturated rings. The molecule has 0 bridgehead atoms. The van der Waals surface area contributed by atoms with Gasteiger partial charge in [-0.2, -0.15) is 0 Å². The highest BCUT2D eigenvalue weighted by Crippen LogP contribution is 2.30. The summed E-state index contributed by atoms with van der Waals surface area (Å²) in [6.45, 7) is 5.75. The summed E-state index contributed by atoms with van der Waals surface area (Å²) in [6, 6.07) is 4.94. The van der Waals surface area contributed by atoms with Crippen LogP contribution in [0.15, 0.2) is 18.2 Å². The predicted octanol–water partition coefficient (Wildman–Crippen LogP) is 2.84. The monoisotopic (exact) mass is 256 g/mol. The first-order valence-electron chi connectivity index (χ1n) is 6.12. The maximum Gasteiger partial charge on any atom is 0.129 e. The van der Waals surface area contributed by atoms with Crippen LogP contribution in [0, 0.1) is 5.82 Å². The Morgan fingerprint density at radius 3 is 3.06 bits per heavy atom. The molecule has 0 aliphatic carbocycles. The molecule has 0 saturated carbocycles. The smallest absolute Gasteiger partial charge is 0.129 e. The Hall–Kier alpha value is -0.640. The van der Waals surface area contributed by atoms with E-state index in [0.717, 1.165) is 32.6 Å². The first kappa shape index (κ1) is 12.8. The first-order valence-corrected chi connectivity index (χ1v) is 6.50. The summed E-state index contributed by atoms with van der Waals surface area (Å²) in [5, 5.41) is 3.87. The molecule has 17 heavy (non-hydrogen) atoms. The summed E-state index contributed by atoms with van der Waals surface area (Å²) in [6.07, 6.45) is 1.09. The fraction of sp³-hybridized carbons (Fsp3) is 0.538. The minimum Gasteiger partial charge on any atom is -0.315 e. The van der Waals surface area contributed by atoms with E-state index in [0.29, 0.717) is 10.6 Å². The van der Waals surface area contributed by atoms with Crippen molar-refractivity contribution in [3.05, 3.63) is 34.6 Å². The molecule has 0 amide bonds. The van der Waals surface area contributed by atoms with Gasteiger partial charge in [0.25, 0.3) is 0 Å². The third-order valence-electron chi connectivity index (χ3n) is 3.32. The maximum absolute atomic E-state index is 13.9. The molecular weight excluding hydrogens is 239 g/mol. The molecule has 4 heteroatoms. The summed E-state index contributed by atoms with van der Waals surface area (Å²) in [4.78, 5) is 2.28. The quantitative estimate of drug-likeness (QED) is 0.875. The highest BCUT2D eigenvalue weighted by atomic mass is 35.5. The zero-order chi connectivity index (χ0) is 12.3. The minimum absolute atomic E-state index is 0.0381. The van der Waals surface area contributed by atoms with Gasteiger partial charge in [0, 0.05) is 17.1 Å². The molecule has 1 N–H and O–H groups in total. The van der Waals surface area contributed by atoms with Crippen LogP contribution in [-0.4, -0.2) is 31.1 Å². The third kappa shape index (κ3) is 2.79. The lowest BCUT2D eigenvalue weighted by Gasteiger charge is -2.29. The summed E-state index contributed by atoms with van der Waals surface area (Å²) >= 11 is 6.14. The molecule has 0 aromatic heterocycles. The zero-order valence-electron chi connectivity index (χ0n) is 10.0. The van der Waals surface area contributed by atoms with Crippen molar-refractivity contribution < 1.29 is 4.39 Å². The Kier molecular flexibility index (Phi) is 4.37. The first-order chi connectivity index (χ1) is 8.24. The average molecular weight is 257 g/mol.